The Kier molecular flexibility index (Phi) is 2.54. The van der Waals surface area contributed by atoms with Crippen molar-refractivity contribution in [2.75, 3.05) is 0 Å². The van der Waals surface area contributed by atoms with Crippen molar-refractivity contribution in [3.8, 4) is 11.8 Å². The minimum Gasteiger partial charge on any atom is -0.475 e. The second-order valence-corrected chi connectivity index (χ2v) is 3.40. The summed E-state index contributed by atoms with van der Waals surface area (Å²) in [6, 6.07) is 4.93. The van der Waals surface area contributed by atoms with Crippen molar-refractivity contribution in [1.29, 1.82) is 5.26 Å². The highest BCUT2D eigenvalue weighted by Gasteiger charge is 2.46. The van der Waals surface area contributed by atoms with Crippen LogP contribution in [0.25, 0.3) is 6.08 Å². The van der Waals surface area contributed by atoms with Crippen LogP contribution in [0.5, 0.6) is 5.75 Å². The Hall–Kier alpha value is -2.03. The van der Waals surface area contributed by atoms with E-state index in [1.54, 1.807) is 0 Å². The molecule has 0 fully saturated rings. The summed E-state index contributed by atoms with van der Waals surface area (Å²) in [7, 11) is 0. The number of hydrogen-bond acceptors (Lipinski definition) is 2. The molecule has 1 heterocycles. The topological polar surface area (TPSA) is 33.0 Å². The number of halogens is 4. The second kappa shape index (κ2) is 3.77. The lowest BCUT2D eigenvalue weighted by atomic mass is 10.0. The van der Waals surface area contributed by atoms with E-state index in [0.717, 1.165) is 12.1 Å². The van der Waals surface area contributed by atoms with Crippen LogP contribution in [0.4, 0.5) is 17.6 Å². The van der Waals surface area contributed by atoms with Gasteiger partial charge < -0.3 is 4.74 Å². The molecular weight excluding hydrogens is 238 g/mol. The van der Waals surface area contributed by atoms with Crippen molar-refractivity contribution in [3.05, 3.63) is 35.2 Å². The predicted molar refractivity (Wildman–Crippen MR) is 50.5 cm³/mol. The Morgan fingerprint density at radius 3 is 2.59 bits per heavy atom. The van der Waals surface area contributed by atoms with Gasteiger partial charge in [-0.25, -0.2) is 4.39 Å². The Morgan fingerprint density at radius 2 is 2.00 bits per heavy atom. The van der Waals surface area contributed by atoms with E-state index in [0.29, 0.717) is 0 Å². The van der Waals surface area contributed by atoms with E-state index in [1.165, 1.54) is 18.2 Å². The normalized spacial score (nSPS) is 18.8. The maximum Gasteiger partial charge on any atom is 0.430 e. The average molecular weight is 243 g/mol. The summed E-state index contributed by atoms with van der Waals surface area (Å²) in [4.78, 5) is 0. The molecule has 0 amide bonds. The average Bonchev–Trinajstić information content (AvgIpc) is 2.27. The van der Waals surface area contributed by atoms with Crippen molar-refractivity contribution >= 4 is 6.08 Å². The number of rotatable bonds is 0. The number of alkyl halides is 3. The van der Waals surface area contributed by atoms with Gasteiger partial charge >= 0.3 is 6.18 Å². The van der Waals surface area contributed by atoms with Gasteiger partial charge in [-0.2, -0.15) is 18.4 Å². The fourth-order valence-electron chi connectivity index (χ4n) is 1.52. The highest BCUT2D eigenvalue weighted by atomic mass is 19.4. The highest BCUT2D eigenvalue weighted by molar-refractivity contribution is 5.67. The van der Waals surface area contributed by atoms with Crippen LogP contribution >= 0.6 is 0 Å². The van der Waals surface area contributed by atoms with Gasteiger partial charge in [0.2, 0.25) is 6.10 Å². The second-order valence-electron chi connectivity index (χ2n) is 3.40. The lowest BCUT2D eigenvalue weighted by molar-refractivity contribution is -0.182. The summed E-state index contributed by atoms with van der Waals surface area (Å²) < 4.78 is 55.6. The van der Waals surface area contributed by atoms with Crippen molar-refractivity contribution in [2.24, 2.45) is 0 Å². The fraction of sp³-hybridized carbons (Fsp3) is 0.182. The molecule has 1 aromatic carbocycles. The lowest BCUT2D eigenvalue weighted by Crippen LogP contribution is -2.37. The van der Waals surface area contributed by atoms with Gasteiger partial charge in [0.1, 0.15) is 11.6 Å². The summed E-state index contributed by atoms with van der Waals surface area (Å²) in [5.41, 5.74) is -0.792. The van der Waals surface area contributed by atoms with E-state index < -0.39 is 23.7 Å². The molecule has 88 valence electrons. The van der Waals surface area contributed by atoms with E-state index in [1.807, 2.05) is 0 Å². The monoisotopic (exact) mass is 243 g/mol. The van der Waals surface area contributed by atoms with E-state index in [-0.39, 0.29) is 11.3 Å². The zero-order valence-corrected chi connectivity index (χ0v) is 8.25. The van der Waals surface area contributed by atoms with Gasteiger partial charge in [0.15, 0.2) is 0 Å². The van der Waals surface area contributed by atoms with Crippen molar-refractivity contribution in [2.45, 2.75) is 12.3 Å². The first-order valence-electron chi connectivity index (χ1n) is 4.57. The summed E-state index contributed by atoms with van der Waals surface area (Å²) in [5, 5.41) is 8.62. The van der Waals surface area contributed by atoms with Crippen LogP contribution in [0.15, 0.2) is 23.8 Å². The van der Waals surface area contributed by atoms with Gasteiger partial charge in [-0.3, -0.25) is 0 Å². The molecular formula is C11H5F4NO. The number of hydrogen-bond donors (Lipinski definition) is 0. The molecule has 0 unspecified atom stereocenters. The molecule has 0 radical (unpaired) electrons. The van der Waals surface area contributed by atoms with Crippen LogP contribution < -0.4 is 4.74 Å². The Morgan fingerprint density at radius 1 is 1.29 bits per heavy atom. The molecule has 6 heteroatoms. The molecule has 1 atom stereocenters. The first-order valence-corrected chi connectivity index (χ1v) is 4.57. The third-order valence-electron chi connectivity index (χ3n) is 2.27. The van der Waals surface area contributed by atoms with Gasteiger partial charge in [-0.1, -0.05) is 6.07 Å². The lowest BCUT2D eigenvalue weighted by Gasteiger charge is -2.25. The summed E-state index contributed by atoms with van der Waals surface area (Å²) in [6.07, 6.45) is -6.17. The fourth-order valence-corrected chi connectivity index (χ4v) is 1.52. The zero-order valence-electron chi connectivity index (χ0n) is 8.25. The van der Waals surface area contributed by atoms with Gasteiger partial charge in [-0.05, 0) is 18.2 Å². The van der Waals surface area contributed by atoms with E-state index in [9.17, 15) is 17.6 Å². The first-order chi connectivity index (χ1) is 7.93. The van der Waals surface area contributed by atoms with Crippen LogP contribution in [0, 0.1) is 17.1 Å². The number of fused-ring (bicyclic) bond motifs is 1. The summed E-state index contributed by atoms with van der Waals surface area (Å²) in [6.45, 7) is 0. The molecule has 0 N–H and O–H groups in total. The molecule has 2 nitrogen and oxygen atoms in total. The zero-order chi connectivity index (χ0) is 12.6. The minimum atomic E-state index is -4.70. The third kappa shape index (κ3) is 1.96. The van der Waals surface area contributed by atoms with Gasteiger partial charge in [0, 0.05) is 0 Å². The predicted octanol–water partition coefficient (Wildman–Crippen LogP) is 3.06. The molecule has 1 aliphatic rings. The largest absolute Gasteiger partial charge is 0.475 e. The molecule has 0 bridgehead atoms. The van der Waals surface area contributed by atoms with Crippen LogP contribution in [-0.2, 0) is 0 Å². The Balaban J connectivity index is 2.54. The molecule has 0 saturated carbocycles. The molecule has 0 aromatic heterocycles. The number of nitriles is 1. The van der Waals surface area contributed by atoms with E-state index in [4.69, 9.17) is 5.26 Å². The molecule has 1 aromatic rings. The molecule has 0 spiro atoms. The highest BCUT2D eigenvalue weighted by Crippen LogP contribution is 2.37. The van der Waals surface area contributed by atoms with Crippen molar-refractivity contribution < 1.29 is 22.3 Å². The quantitative estimate of drug-likeness (QED) is 0.656. The minimum absolute atomic E-state index is 0.135. The van der Waals surface area contributed by atoms with Crippen LogP contribution in [-0.4, -0.2) is 12.3 Å². The van der Waals surface area contributed by atoms with Crippen molar-refractivity contribution in [1.82, 2.24) is 0 Å². The number of benzene rings is 1. The number of ether oxygens (including phenoxy) is 1. The van der Waals surface area contributed by atoms with Gasteiger partial charge in [0.25, 0.3) is 0 Å². The smallest absolute Gasteiger partial charge is 0.430 e. The van der Waals surface area contributed by atoms with E-state index >= 15 is 0 Å². The molecule has 0 saturated heterocycles. The van der Waals surface area contributed by atoms with Crippen LogP contribution in [0.2, 0.25) is 0 Å². The van der Waals surface area contributed by atoms with E-state index in [2.05, 4.69) is 4.74 Å². The number of nitrogens with zero attached hydrogens (tertiary/aromatic N) is 1. The maximum atomic E-state index is 13.3. The molecule has 17 heavy (non-hydrogen) atoms. The molecule has 1 aliphatic heterocycles. The summed E-state index contributed by atoms with van der Waals surface area (Å²) in [5.74, 6) is -0.942. The molecule has 2 rings (SSSR count). The maximum absolute atomic E-state index is 13.3. The Labute approximate surface area is 93.7 Å². The standard InChI is InChI=1S/C11H5F4NO/c12-8-2-1-3-9-7(8)4-6(5-16)10(17-9)11(13,14)15/h1-4,10H/t10-/m1/s1. The van der Waals surface area contributed by atoms with Crippen LogP contribution in [0.1, 0.15) is 5.56 Å². The molecule has 0 aliphatic carbocycles. The van der Waals surface area contributed by atoms with Gasteiger partial charge in [0.05, 0.1) is 17.2 Å². The van der Waals surface area contributed by atoms with Crippen molar-refractivity contribution in [3.63, 3.8) is 0 Å². The van der Waals surface area contributed by atoms with Gasteiger partial charge in [-0.15, -0.1) is 0 Å². The Bertz CT molecular complexity index is 527. The SMILES string of the molecule is N#CC1=Cc2c(F)cccc2O[C@H]1C(F)(F)F. The third-order valence-corrected chi connectivity index (χ3v) is 2.27. The van der Waals surface area contributed by atoms with Crippen LogP contribution in [0.3, 0.4) is 0 Å². The summed E-state index contributed by atoms with van der Waals surface area (Å²) >= 11 is 0. The first kappa shape index (κ1) is 11.5.